The maximum atomic E-state index is 13.3. The van der Waals surface area contributed by atoms with Crippen LogP contribution in [0, 0.1) is 5.41 Å². The lowest BCUT2D eigenvalue weighted by atomic mass is 9.85. The number of fused-ring (bicyclic) bond motifs is 3. The van der Waals surface area contributed by atoms with Crippen molar-refractivity contribution in [3.8, 4) is 11.1 Å². The zero-order valence-corrected chi connectivity index (χ0v) is 19.5. The Kier molecular flexibility index (Phi) is 6.36. The van der Waals surface area contributed by atoms with Crippen molar-refractivity contribution in [2.45, 2.75) is 51.3 Å². The minimum atomic E-state index is -1.18. The number of aliphatic carboxylic acids is 1. The molecule has 180 valence electrons. The molecule has 3 atom stereocenters. The fourth-order valence-corrected chi connectivity index (χ4v) is 4.86. The van der Waals surface area contributed by atoms with E-state index >= 15 is 0 Å². The van der Waals surface area contributed by atoms with Crippen LogP contribution in [-0.2, 0) is 14.3 Å². The van der Waals surface area contributed by atoms with Crippen LogP contribution in [0.1, 0.15) is 44.2 Å². The molecule has 2 aromatic rings. The zero-order chi connectivity index (χ0) is 24.6. The molecule has 2 amide bonds. The maximum absolute atomic E-state index is 13.3. The van der Waals surface area contributed by atoms with E-state index in [9.17, 15) is 24.6 Å². The number of amides is 2. The SMILES string of the molecule is CC(C)(C)[C@@H](NC(=O)OCC1c2ccccc2-c2ccccc21)C(=O)N1CC(O)CC1C(=O)O. The number of carbonyl (C=O) groups excluding carboxylic acids is 2. The first kappa shape index (κ1) is 23.8. The molecule has 34 heavy (non-hydrogen) atoms. The molecule has 2 aliphatic rings. The van der Waals surface area contributed by atoms with Gasteiger partial charge in [-0.2, -0.15) is 0 Å². The first-order valence-electron chi connectivity index (χ1n) is 11.4. The Balaban J connectivity index is 1.48. The molecule has 4 rings (SSSR count). The number of aliphatic hydroxyl groups is 1. The first-order valence-corrected chi connectivity index (χ1v) is 11.4. The van der Waals surface area contributed by atoms with E-state index in [2.05, 4.69) is 5.32 Å². The van der Waals surface area contributed by atoms with E-state index in [1.165, 1.54) is 0 Å². The van der Waals surface area contributed by atoms with E-state index in [-0.39, 0.29) is 25.5 Å². The molecule has 0 aromatic heterocycles. The van der Waals surface area contributed by atoms with Gasteiger partial charge in [0.2, 0.25) is 5.91 Å². The van der Waals surface area contributed by atoms with Crippen molar-refractivity contribution in [3.05, 3.63) is 59.7 Å². The van der Waals surface area contributed by atoms with Crippen molar-refractivity contribution in [2.24, 2.45) is 5.41 Å². The number of likely N-dealkylation sites (tertiary alicyclic amines) is 1. The summed E-state index contributed by atoms with van der Waals surface area (Å²) >= 11 is 0. The number of rotatable bonds is 5. The summed E-state index contributed by atoms with van der Waals surface area (Å²) < 4.78 is 5.59. The summed E-state index contributed by atoms with van der Waals surface area (Å²) in [6, 6.07) is 13.9. The minimum Gasteiger partial charge on any atom is -0.480 e. The number of alkyl carbamates (subject to hydrolysis) is 1. The molecule has 0 saturated carbocycles. The number of hydrogen-bond acceptors (Lipinski definition) is 5. The summed E-state index contributed by atoms with van der Waals surface area (Å²) in [7, 11) is 0. The molecule has 8 heteroatoms. The van der Waals surface area contributed by atoms with Gasteiger partial charge in [0.15, 0.2) is 0 Å². The quantitative estimate of drug-likeness (QED) is 0.624. The van der Waals surface area contributed by atoms with Gasteiger partial charge < -0.3 is 25.2 Å². The Morgan fingerprint density at radius 1 is 1.06 bits per heavy atom. The van der Waals surface area contributed by atoms with E-state index in [1.807, 2.05) is 48.5 Å². The highest BCUT2D eigenvalue weighted by Crippen LogP contribution is 2.44. The predicted molar refractivity (Wildman–Crippen MR) is 125 cm³/mol. The van der Waals surface area contributed by atoms with Gasteiger partial charge in [0.25, 0.3) is 0 Å². The van der Waals surface area contributed by atoms with Crippen LogP contribution in [0.4, 0.5) is 4.79 Å². The highest BCUT2D eigenvalue weighted by atomic mass is 16.5. The average molecular weight is 467 g/mol. The molecule has 0 bridgehead atoms. The standard InChI is InChI=1S/C26H30N2O6/c1-26(2,3)22(23(30)28-13-15(29)12-21(28)24(31)32)27-25(33)34-14-20-18-10-6-4-8-16(18)17-9-5-7-11-19(17)20/h4-11,15,20-22,29H,12-14H2,1-3H3,(H,27,33)(H,31,32)/t15?,21?,22-/m0/s1. The fraction of sp³-hybridized carbons (Fsp3) is 0.423. The average Bonchev–Trinajstić information content (AvgIpc) is 3.33. The molecule has 1 aliphatic carbocycles. The molecule has 2 unspecified atom stereocenters. The molecule has 0 radical (unpaired) electrons. The van der Waals surface area contributed by atoms with E-state index < -0.39 is 41.6 Å². The Hall–Kier alpha value is -3.39. The molecular formula is C26H30N2O6. The number of carboxylic acid groups (broad SMARTS) is 1. The summed E-state index contributed by atoms with van der Waals surface area (Å²) in [6.07, 6.45) is -1.70. The minimum absolute atomic E-state index is 0.0388. The van der Waals surface area contributed by atoms with E-state index in [0.717, 1.165) is 27.2 Å². The molecule has 1 aliphatic heterocycles. The molecule has 1 saturated heterocycles. The van der Waals surface area contributed by atoms with Crippen LogP contribution in [0.15, 0.2) is 48.5 Å². The van der Waals surface area contributed by atoms with Crippen molar-refractivity contribution in [3.63, 3.8) is 0 Å². The number of aliphatic hydroxyl groups excluding tert-OH is 1. The molecule has 0 spiro atoms. The van der Waals surface area contributed by atoms with Gasteiger partial charge in [0, 0.05) is 18.9 Å². The highest BCUT2D eigenvalue weighted by molar-refractivity contribution is 5.90. The fourth-order valence-electron chi connectivity index (χ4n) is 4.86. The summed E-state index contributed by atoms with van der Waals surface area (Å²) in [5.41, 5.74) is 3.68. The Morgan fingerprint density at radius 2 is 1.62 bits per heavy atom. The van der Waals surface area contributed by atoms with Crippen molar-refractivity contribution < 1.29 is 29.3 Å². The van der Waals surface area contributed by atoms with E-state index in [0.29, 0.717) is 0 Å². The smallest absolute Gasteiger partial charge is 0.407 e. The maximum Gasteiger partial charge on any atom is 0.407 e. The van der Waals surface area contributed by atoms with Crippen molar-refractivity contribution in [1.82, 2.24) is 10.2 Å². The predicted octanol–water partition coefficient (Wildman–Crippen LogP) is 2.99. The van der Waals surface area contributed by atoms with Crippen molar-refractivity contribution in [1.29, 1.82) is 0 Å². The van der Waals surface area contributed by atoms with Crippen LogP contribution in [0.2, 0.25) is 0 Å². The van der Waals surface area contributed by atoms with Gasteiger partial charge in [-0.15, -0.1) is 0 Å². The van der Waals surface area contributed by atoms with E-state index in [1.54, 1.807) is 20.8 Å². The number of ether oxygens (including phenoxy) is 1. The van der Waals surface area contributed by atoms with Gasteiger partial charge in [-0.05, 0) is 27.7 Å². The number of β-amino-alcohol motifs (C(OH)–C–C–N with tert-alkyl or cyclic N) is 1. The normalized spacial score (nSPS) is 20.4. The monoisotopic (exact) mass is 466 g/mol. The highest BCUT2D eigenvalue weighted by Gasteiger charge is 2.44. The van der Waals surface area contributed by atoms with Crippen LogP contribution in [0.3, 0.4) is 0 Å². The lowest BCUT2D eigenvalue weighted by Gasteiger charge is -2.34. The number of benzene rings is 2. The Labute approximate surface area is 198 Å². The zero-order valence-electron chi connectivity index (χ0n) is 19.5. The van der Waals surface area contributed by atoms with Crippen LogP contribution in [0.5, 0.6) is 0 Å². The molecule has 8 nitrogen and oxygen atoms in total. The van der Waals surface area contributed by atoms with Crippen LogP contribution >= 0.6 is 0 Å². The van der Waals surface area contributed by atoms with Gasteiger partial charge >= 0.3 is 12.1 Å². The largest absolute Gasteiger partial charge is 0.480 e. The number of carbonyl (C=O) groups is 3. The second-order valence-corrected chi connectivity index (χ2v) is 10.0. The van der Waals surface area contributed by atoms with Gasteiger partial charge in [-0.3, -0.25) is 4.79 Å². The number of carboxylic acids is 1. The third-order valence-electron chi connectivity index (χ3n) is 6.57. The third-order valence-corrected chi connectivity index (χ3v) is 6.57. The number of nitrogens with one attached hydrogen (secondary N) is 1. The van der Waals surface area contributed by atoms with Crippen molar-refractivity contribution >= 4 is 18.0 Å². The molecule has 2 aromatic carbocycles. The van der Waals surface area contributed by atoms with Gasteiger partial charge in [-0.1, -0.05) is 69.3 Å². The first-order chi connectivity index (χ1) is 16.1. The number of nitrogens with zero attached hydrogens (tertiary/aromatic N) is 1. The van der Waals surface area contributed by atoms with Crippen LogP contribution < -0.4 is 5.32 Å². The van der Waals surface area contributed by atoms with Gasteiger partial charge in [0.05, 0.1) is 6.10 Å². The second-order valence-electron chi connectivity index (χ2n) is 10.0. The summed E-state index contributed by atoms with van der Waals surface area (Å²) in [4.78, 5) is 38.8. The second kappa shape index (κ2) is 9.10. The lowest BCUT2D eigenvalue weighted by molar-refractivity contribution is -0.150. The summed E-state index contributed by atoms with van der Waals surface area (Å²) in [6.45, 7) is 5.35. The van der Waals surface area contributed by atoms with E-state index in [4.69, 9.17) is 4.74 Å². The molecule has 1 heterocycles. The Morgan fingerprint density at radius 3 is 2.15 bits per heavy atom. The van der Waals surface area contributed by atoms with Gasteiger partial charge in [0.1, 0.15) is 18.7 Å². The number of hydrogen-bond donors (Lipinski definition) is 3. The molecule has 1 fully saturated rings. The summed E-state index contributed by atoms with van der Waals surface area (Å²) in [5.74, 6) is -1.85. The Bertz CT molecular complexity index is 1060. The molecule has 3 N–H and O–H groups in total. The van der Waals surface area contributed by atoms with Crippen LogP contribution in [-0.4, -0.2) is 64.4 Å². The van der Waals surface area contributed by atoms with Crippen molar-refractivity contribution in [2.75, 3.05) is 13.2 Å². The molecular weight excluding hydrogens is 436 g/mol. The third kappa shape index (κ3) is 4.50. The lowest BCUT2D eigenvalue weighted by Crippen LogP contribution is -2.57. The topological polar surface area (TPSA) is 116 Å². The van der Waals surface area contributed by atoms with Gasteiger partial charge in [-0.25, -0.2) is 9.59 Å². The van der Waals surface area contributed by atoms with Crippen LogP contribution in [0.25, 0.3) is 11.1 Å². The summed E-state index contributed by atoms with van der Waals surface area (Å²) in [5, 5.41) is 22.0.